The van der Waals surface area contributed by atoms with Crippen molar-refractivity contribution >= 4 is 16.8 Å². The Balaban J connectivity index is 1.86. The molecular formula is C19H17F3N2O2. The van der Waals surface area contributed by atoms with Gasteiger partial charge in [0.25, 0.3) is 5.91 Å². The Bertz CT molecular complexity index is 947. The molecule has 26 heavy (non-hydrogen) atoms. The highest BCUT2D eigenvalue weighted by atomic mass is 19.4. The number of benzene rings is 2. The lowest BCUT2D eigenvalue weighted by molar-refractivity contribution is -0.275. The first-order valence-electron chi connectivity index (χ1n) is 7.89. The molecule has 1 aromatic heterocycles. The van der Waals surface area contributed by atoms with Crippen LogP contribution in [0, 0.1) is 0 Å². The summed E-state index contributed by atoms with van der Waals surface area (Å²) in [6.07, 6.45) is -3.06. The largest absolute Gasteiger partial charge is 0.573 e. The van der Waals surface area contributed by atoms with Crippen LogP contribution in [0.15, 0.2) is 54.7 Å². The summed E-state index contributed by atoms with van der Waals surface area (Å²) < 4.78 is 43.6. The van der Waals surface area contributed by atoms with Crippen LogP contribution in [-0.2, 0) is 13.6 Å². The molecule has 0 bridgehead atoms. The predicted octanol–water partition coefficient (Wildman–Crippen LogP) is 4.35. The third kappa shape index (κ3) is 3.66. The lowest BCUT2D eigenvalue weighted by Gasteiger charge is -2.19. The highest BCUT2D eigenvalue weighted by Gasteiger charge is 2.32. The lowest BCUT2D eigenvalue weighted by Crippen LogP contribution is -2.27. The second kappa shape index (κ2) is 6.74. The molecule has 0 saturated carbocycles. The van der Waals surface area contributed by atoms with Gasteiger partial charge in [-0.2, -0.15) is 0 Å². The molecule has 1 heterocycles. The van der Waals surface area contributed by atoms with Crippen LogP contribution in [0.1, 0.15) is 15.9 Å². The molecule has 7 heteroatoms. The maximum Gasteiger partial charge on any atom is 0.573 e. The monoisotopic (exact) mass is 362 g/mol. The van der Waals surface area contributed by atoms with Crippen molar-refractivity contribution in [2.24, 2.45) is 7.05 Å². The molecule has 0 fully saturated rings. The smallest absolute Gasteiger partial charge is 0.405 e. The first kappa shape index (κ1) is 17.8. The van der Waals surface area contributed by atoms with Crippen LogP contribution in [0.2, 0.25) is 0 Å². The Hall–Kier alpha value is -2.96. The SMILES string of the molecule is CN(Cc1ccccc1OC(F)(F)F)C(=O)c1cn(C)c2ccccc12. The summed E-state index contributed by atoms with van der Waals surface area (Å²) in [6, 6.07) is 13.3. The molecule has 0 aliphatic heterocycles. The summed E-state index contributed by atoms with van der Waals surface area (Å²) in [5.74, 6) is -0.582. The van der Waals surface area contributed by atoms with Crippen molar-refractivity contribution in [3.8, 4) is 5.75 Å². The lowest BCUT2D eigenvalue weighted by atomic mass is 10.1. The number of aryl methyl sites for hydroxylation is 1. The Kier molecular flexibility index (Phi) is 4.63. The van der Waals surface area contributed by atoms with E-state index in [0.29, 0.717) is 5.56 Å². The fourth-order valence-corrected chi connectivity index (χ4v) is 2.90. The molecule has 0 unspecified atom stereocenters. The molecule has 2 aromatic carbocycles. The molecule has 0 radical (unpaired) electrons. The molecule has 136 valence electrons. The summed E-state index contributed by atoms with van der Waals surface area (Å²) in [4.78, 5) is 14.2. The van der Waals surface area contributed by atoms with Gasteiger partial charge in [-0.15, -0.1) is 13.2 Å². The van der Waals surface area contributed by atoms with E-state index in [1.807, 2.05) is 35.9 Å². The molecule has 3 rings (SSSR count). The van der Waals surface area contributed by atoms with Crippen LogP contribution in [-0.4, -0.2) is 28.8 Å². The van der Waals surface area contributed by atoms with E-state index >= 15 is 0 Å². The normalized spacial score (nSPS) is 11.6. The summed E-state index contributed by atoms with van der Waals surface area (Å²) in [7, 11) is 3.39. The van der Waals surface area contributed by atoms with Gasteiger partial charge in [0.1, 0.15) is 5.75 Å². The van der Waals surface area contributed by atoms with Gasteiger partial charge in [-0.25, -0.2) is 0 Å². The van der Waals surface area contributed by atoms with Crippen molar-refractivity contribution in [3.63, 3.8) is 0 Å². The van der Waals surface area contributed by atoms with Crippen LogP contribution in [0.3, 0.4) is 0 Å². The van der Waals surface area contributed by atoms with Crippen LogP contribution < -0.4 is 4.74 Å². The number of hydrogen-bond donors (Lipinski definition) is 0. The fourth-order valence-electron chi connectivity index (χ4n) is 2.90. The number of carbonyl (C=O) groups excluding carboxylic acids is 1. The van der Waals surface area contributed by atoms with Gasteiger partial charge in [0.05, 0.1) is 5.56 Å². The molecule has 0 N–H and O–H groups in total. The average Bonchev–Trinajstić information content (AvgIpc) is 2.92. The van der Waals surface area contributed by atoms with Gasteiger partial charge in [-0.05, 0) is 12.1 Å². The minimum absolute atomic E-state index is 0.00565. The van der Waals surface area contributed by atoms with Gasteiger partial charge < -0.3 is 14.2 Å². The van der Waals surface area contributed by atoms with E-state index in [9.17, 15) is 18.0 Å². The molecule has 0 spiro atoms. The van der Waals surface area contributed by atoms with Gasteiger partial charge in [0.2, 0.25) is 0 Å². The van der Waals surface area contributed by atoms with Crippen molar-refractivity contribution < 1.29 is 22.7 Å². The van der Waals surface area contributed by atoms with Crippen LogP contribution >= 0.6 is 0 Å². The number of ether oxygens (including phenoxy) is 1. The van der Waals surface area contributed by atoms with Gasteiger partial charge in [-0.1, -0.05) is 36.4 Å². The summed E-state index contributed by atoms with van der Waals surface area (Å²) in [5, 5.41) is 0.798. The van der Waals surface area contributed by atoms with E-state index < -0.39 is 6.36 Å². The number of para-hydroxylation sites is 2. The van der Waals surface area contributed by atoms with Crippen LogP contribution in [0.25, 0.3) is 10.9 Å². The predicted molar refractivity (Wildman–Crippen MR) is 91.8 cm³/mol. The van der Waals surface area contributed by atoms with E-state index in [1.54, 1.807) is 19.3 Å². The molecule has 3 aromatic rings. The quantitative estimate of drug-likeness (QED) is 0.692. The van der Waals surface area contributed by atoms with E-state index in [4.69, 9.17) is 0 Å². The molecule has 0 saturated heterocycles. The molecule has 1 amide bonds. The number of carbonyl (C=O) groups is 1. The van der Waals surface area contributed by atoms with Crippen molar-refractivity contribution in [2.45, 2.75) is 12.9 Å². The minimum Gasteiger partial charge on any atom is -0.405 e. The molecular weight excluding hydrogens is 345 g/mol. The van der Waals surface area contributed by atoms with Crippen molar-refractivity contribution in [3.05, 3.63) is 65.9 Å². The molecule has 4 nitrogen and oxygen atoms in total. The fraction of sp³-hybridized carbons (Fsp3) is 0.211. The van der Waals surface area contributed by atoms with Gasteiger partial charge in [0, 0.05) is 43.3 Å². The van der Waals surface area contributed by atoms with Crippen molar-refractivity contribution in [1.82, 2.24) is 9.47 Å². The number of halogens is 3. The average molecular weight is 362 g/mol. The number of hydrogen-bond acceptors (Lipinski definition) is 2. The summed E-state index contributed by atoms with van der Waals surface area (Å²) in [5.41, 5.74) is 1.69. The first-order valence-corrected chi connectivity index (χ1v) is 7.89. The molecule has 0 atom stereocenters. The second-order valence-corrected chi connectivity index (χ2v) is 5.99. The second-order valence-electron chi connectivity index (χ2n) is 5.99. The zero-order valence-electron chi connectivity index (χ0n) is 14.2. The Morgan fingerprint density at radius 3 is 2.50 bits per heavy atom. The zero-order chi connectivity index (χ0) is 18.9. The zero-order valence-corrected chi connectivity index (χ0v) is 14.2. The Labute approximate surface area is 148 Å². The number of nitrogens with zero attached hydrogens (tertiary/aromatic N) is 2. The highest BCUT2D eigenvalue weighted by Crippen LogP contribution is 2.28. The van der Waals surface area contributed by atoms with Crippen LogP contribution in [0.4, 0.5) is 13.2 Å². The third-order valence-corrected chi connectivity index (χ3v) is 4.08. The molecule has 0 aliphatic carbocycles. The Morgan fingerprint density at radius 1 is 1.12 bits per heavy atom. The topological polar surface area (TPSA) is 34.5 Å². The van der Waals surface area contributed by atoms with E-state index in [1.165, 1.54) is 23.1 Å². The van der Waals surface area contributed by atoms with Crippen LogP contribution in [0.5, 0.6) is 5.75 Å². The summed E-state index contributed by atoms with van der Waals surface area (Å²) in [6.45, 7) is -0.00565. The maximum absolute atomic E-state index is 12.8. The minimum atomic E-state index is -4.78. The maximum atomic E-state index is 12.8. The van der Waals surface area contributed by atoms with E-state index in [0.717, 1.165) is 10.9 Å². The number of fused-ring (bicyclic) bond motifs is 1. The standard InChI is InChI=1S/C19H17F3N2O2/c1-23-12-15(14-8-4-5-9-16(14)23)18(25)24(2)11-13-7-3-6-10-17(13)26-19(20,21)22/h3-10,12H,11H2,1-2H3. The highest BCUT2D eigenvalue weighted by molar-refractivity contribution is 6.06. The number of alkyl halides is 3. The molecule has 0 aliphatic rings. The van der Waals surface area contributed by atoms with E-state index in [2.05, 4.69) is 4.74 Å². The Morgan fingerprint density at radius 2 is 1.77 bits per heavy atom. The van der Waals surface area contributed by atoms with Gasteiger partial charge in [0.15, 0.2) is 0 Å². The number of aromatic nitrogens is 1. The number of amides is 1. The van der Waals surface area contributed by atoms with Gasteiger partial charge in [-0.3, -0.25) is 4.79 Å². The third-order valence-electron chi connectivity index (χ3n) is 4.08. The summed E-state index contributed by atoms with van der Waals surface area (Å²) >= 11 is 0. The first-order chi connectivity index (χ1) is 12.3. The van der Waals surface area contributed by atoms with E-state index in [-0.39, 0.29) is 23.8 Å². The van der Waals surface area contributed by atoms with Crippen molar-refractivity contribution in [1.29, 1.82) is 0 Å². The van der Waals surface area contributed by atoms with Gasteiger partial charge >= 0.3 is 6.36 Å². The number of rotatable bonds is 4. The van der Waals surface area contributed by atoms with Crippen molar-refractivity contribution in [2.75, 3.05) is 7.05 Å².